The molecule has 57 valence electrons. The molecule has 0 bridgehead atoms. The van der Waals surface area contributed by atoms with Gasteiger partial charge in [0.05, 0.1) is 0 Å². The summed E-state index contributed by atoms with van der Waals surface area (Å²) in [5, 5.41) is 0. The third-order valence-corrected chi connectivity index (χ3v) is 1.13. The molecule has 0 amide bonds. The van der Waals surface area contributed by atoms with E-state index in [9.17, 15) is 0 Å². The van der Waals surface area contributed by atoms with Crippen molar-refractivity contribution in [2.24, 2.45) is 0 Å². The summed E-state index contributed by atoms with van der Waals surface area (Å²) in [5.74, 6) is 0.877. The molecule has 0 atom stereocenters. The fourth-order valence-corrected chi connectivity index (χ4v) is 0.534. The minimum absolute atomic E-state index is 0. The second-order valence-electron chi connectivity index (χ2n) is 3.07. The van der Waals surface area contributed by atoms with E-state index in [1.165, 1.54) is 0 Å². The van der Waals surface area contributed by atoms with Crippen LogP contribution in [0.2, 0.25) is 0 Å². The standard InChI is InChI=1S/C7H10NO.Re/c1-7(2,3)6-4-8-5-9-6;/h4H,1-3H3;/q-1;. The van der Waals surface area contributed by atoms with Crippen LogP contribution in [0.15, 0.2) is 10.6 Å². The van der Waals surface area contributed by atoms with Crippen LogP contribution in [0.4, 0.5) is 0 Å². The van der Waals surface area contributed by atoms with Gasteiger partial charge in [0.15, 0.2) is 0 Å². The number of rotatable bonds is 0. The van der Waals surface area contributed by atoms with Crippen LogP contribution in [-0.4, -0.2) is 4.98 Å². The Kier molecular flexibility index (Phi) is 3.28. The van der Waals surface area contributed by atoms with E-state index in [1.807, 2.05) is 0 Å². The van der Waals surface area contributed by atoms with Gasteiger partial charge in [-0.3, -0.25) is 0 Å². The van der Waals surface area contributed by atoms with Gasteiger partial charge in [-0.05, 0) is 11.2 Å². The Hall–Kier alpha value is -0.128. The van der Waals surface area contributed by atoms with Gasteiger partial charge in [0.1, 0.15) is 6.39 Å². The van der Waals surface area contributed by atoms with Crippen LogP contribution in [0, 0.1) is 6.39 Å². The van der Waals surface area contributed by atoms with Crippen molar-refractivity contribution in [1.29, 1.82) is 0 Å². The van der Waals surface area contributed by atoms with Crippen LogP contribution in [0.3, 0.4) is 0 Å². The summed E-state index contributed by atoms with van der Waals surface area (Å²) >= 11 is 0. The van der Waals surface area contributed by atoms with E-state index in [0.717, 1.165) is 5.76 Å². The van der Waals surface area contributed by atoms with Gasteiger partial charge >= 0.3 is 0 Å². The Morgan fingerprint density at radius 3 is 2.30 bits per heavy atom. The van der Waals surface area contributed by atoms with Gasteiger partial charge in [-0.15, -0.1) is 0 Å². The predicted molar refractivity (Wildman–Crippen MR) is 34.0 cm³/mol. The topological polar surface area (TPSA) is 26.0 Å². The first-order valence-corrected chi connectivity index (χ1v) is 2.93. The number of hydrogen-bond acceptors (Lipinski definition) is 2. The third-order valence-electron chi connectivity index (χ3n) is 1.13. The second kappa shape index (κ2) is 3.32. The quantitative estimate of drug-likeness (QED) is 0.683. The first-order chi connectivity index (χ1) is 4.11. The normalized spacial score (nSPS) is 10.7. The molecule has 1 radical (unpaired) electrons. The summed E-state index contributed by atoms with van der Waals surface area (Å²) in [5.41, 5.74) is 0.0625. The zero-order valence-electron chi connectivity index (χ0n) is 6.31. The molecule has 1 aromatic heterocycles. The molecule has 1 heterocycles. The smallest absolute Gasteiger partial charge is 0.102 e. The van der Waals surface area contributed by atoms with Gasteiger partial charge < -0.3 is 9.40 Å². The van der Waals surface area contributed by atoms with E-state index in [-0.39, 0.29) is 25.8 Å². The van der Waals surface area contributed by atoms with Crippen LogP contribution in [-0.2, 0) is 25.8 Å². The Morgan fingerprint density at radius 2 is 2.10 bits per heavy atom. The minimum Gasteiger partial charge on any atom is -0.578 e. The molecule has 2 nitrogen and oxygen atoms in total. The molecule has 0 spiro atoms. The predicted octanol–water partition coefficient (Wildman–Crippen LogP) is 1.77. The molecular formula is C7H10NORe-. The Morgan fingerprint density at radius 1 is 1.50 bits per heavy atom. The van der Waals surface area contributed by atoms with E-state index in [2.05, 4.69) is 32.1 Å². The fraction of sp³-hybridized carbons (Fsp3) is 0.571. The molecule has 0 unspecified atom stereocenters. The number of hydrogen-bond donors (Lipinski definition) is 0. The van der Waals surface area contributed by atoms with Crippen molar-refractivity contribution < 1.29 is 24.8 Å². The van der Waals surface area contributed by atoms with Crippen molar-refractivity contribution in [1.82, 2.24) is 4.98 Å². The summed E-state index contributed by atoms with van der Waals surface area (Å²) in [6.07, 6.45) is 4.11. The maximum absolute atomic E-state index is 4.96. The van der Waals surface area contributed by atoms with Crippen LogP contribution in [0.5, 0.6) is 0 Å². The van der Waals surface area contributed by atoms with Gasteiger partial charge in [0, 0.05) is 20.4 Å². The first-order valence-electron chi connectivity index (χ1n) is 2.93. The van der Waals surface area contributed by atoms with Crippen molar-refractivity contribution in [2.75, 3.05) is 0 Å². The van der Waals surface area contributed by atoms with Gasteiger partial charge in [-0.1, -0.05) is 27.0 Å². The monoisotopic (exact) mass is 311 g/mol. The summed E-state index contributed by atoms with van der Waals surface area (Å²) in [4.78, 5) is 3.70. The summed E-state index contributed by atoms with van der Waals surface area (Å²) < 4.78 is 4.96. The van der Waals surface area contributed by atoms with E-state index in [0.29, 0.717) is 0 Å². The van der Waals surface area contributed by atoms with Gasteiger partial charge in [0.25, 0.3) is 0 Å². The van der Waals surface area contributed by atoms with E-state index in [4.69, 9.17) is 4.42 Å². The second-order valence-corrected chi connectivity index (χ2v) is 3.07. The Labute approximate surface area is 74.7 Å². The SMILES string of the molecule is CC(C)(C)c1cn[c-]o1.[Re]. The zero-order valence-corrected chi connectivity index (χ0v) is 9.03. The van der Waals surface area contributed by atoms with Crippen molar-refractivity contribution in [3.05, 3.63) is 18.4 Å². The van der Waals surface area contributed by atoms with Crippen molar-refractivity contribution in [3.63, 3.8) is 0 Å². The van der Waals surface area contributed by atoms with Crippen molar-refractivity contribution in [2.45, 2.75) is 26.2 Å². The summed E-state index contributed by atoms with van der Waals surface area (Å²) in [7, 11) is 0. The average Bonchev–Trinajstić information content (AvgIpc) is 2.08. The van der Waals surface area contributed by atoms with Crippen molar-refractivity contribution in [3.8, 4) is 0 Å². The Bertz CT molecular complexity index is 176. The van der Waals surface area contributed by atoms with E-state index in [1.54, 1.807) is 6.20 Å². The molecule has 0 N–H and O–H groups in total. The molecule has 0 saturated carbocycles. The van der Waals surface area contributed by atoms with Gasteiger partial charge in [-0.2, -0.15) is 0 Å². The number of aromatic nitrogens is 1. The molecule has 0 aliphatic rings. The van der Waals surface area contributed by atoms with Gasteiger partial charge in [0.2, 0.25) is 0 Å². The van der Waals surface area contributed by atoms with Crippen LogP contribution in [0.25, 0.3) is 0 Å². The Balaban J connectivity index is 0.000000810. The van der Waals surface area contributed by atoms with Crippen molar-refractivity contribution >= 4 is 0 Å². The number of oxazole rings is 1. The molecule has 1 rings (SSSR count). The number of nitrogens with zero attached hydrogens (tertiary/aromatic N) is 1. The summed E-state index contributed by atoms with van der Waals surface area (Å²) in [6, 6.07) is 0. The first kappa shape index (κ1) is 9.87. The molecule has 0 fully saturated rings. The third kappa shape index (κ3) is 2.24. The van der Waals surface area contributed by atoms with Crippen LogP contribution < -0.4 is 0 Å². The molecule has 0 saturated heterocycles. The van der Waals surface area contributed by atoms with Crippen LogP contribution in [0.1, 0.15) is 26.5 Å². The minimum atomic E-state index is 0. The zero-order chi connectivity index (χ0) is 6.91. The largest absolute Gasteiger partial charge is 0.578 e. The van der Waals surface area contributed by atoms with Gasteiger partial charge in [-0.25, -0.2) is 0 Å². The average molecular weight is 310 g/mol. The summed E-state index contributed by atoms with van der Waals surface area (Å²) in [6.45, 7) is 6.21. The molecule has 0 aliphatic carbocycles. The maximum Gasteiger partial charge on any atom is 0.102 e. The molecule has 10 heavy (non-hydrogen) atoms. The molecule has 1 aromatic rings. The fourth-order valence-electron chi connectivity index (χ4n) is 0.534. The van der Waals surface area contributed by atoms with E-state index >= 15 is 0 Å². The molecular weight excluding hydrogens is 300 g/mol. The molecule has 0 aliphatic heterocycles. The molecule has 0 aromatic carbocycles. The van der Waals surface area contributed by atoms with E-state index < -0.39 is 0 Å². The molecule has 3 heteroatoms. The van der Waals surface area contributed by atoms with Crippen LogP contribution >= 0.6 is 0 Å². The maximum atomic E-state index is 4.96.